The highest BCUT2D eigenvalue weighted by atomic mass is 32.2. The van der Waals surface area contributed by atoms with E-state index in [0.29, 0.717) is 52.6 Å². The molecule has 2 aliphatic heterocycles. The summed E-state index contributed by atoms with van der Waals surface area (Å²) in [6, 6.07) is 10.9. The van der Waals surface area contributed by atoms with E-state index in [1.54, 1.807) is 18.2 Å². The number of carbonyl (C=O) groups is 1. The lowest BCUT2D eigenvalue weighted by molar-refractivity contribution is -0.113. The van der Waals surface area contributed by atoms with Crippen molar-refractivity contribution in [2.45, 2.75) is 16.5 Å². The van der Waals surface area contributed by atoms with E-state index in [4.69, 9.17) is 9.47 Å². The predicted octanol–water partition coefficient (Wildman–Crippen LogP) is 3.52. The molecule has 5 rings (SSSR count). The lowest BCUT2D eigenvalue weighted by Crippen LogP contribution is -2.24. The molecule has 3 aromatic rings. The van der Waals surface area contributed by atoms with Gasteiger partial charge in [0.15, 0.2) is 16.7 Å². The summed E-state index contributed by atoms with van der Waals surface area (Å²) in [6.45, 7) is 0.959. The third-order valence-electron chi connectivity index (χ3n) is 4.91. The Kier molecular flexibility index (Phi) is 5.79. The van der Waals surface area contributed by atoms with Crippen LogP contribution in [0, 0.1) is 5.82 Å². The number of amides is 1. The van der Waals surface area contributed by atoms with Crippen LogP contribution >= 0.6 is 23.5 Å². The van der Waals surface area contributed by atoms with E-state index >= 15 is 0 Å². The first-order chi connectivity index (χ1) is 15.6. The monoisotopic (exact) mass is 471 g/mol. The lowest BCUT2D eigenvalue weighted by atomic mass is 10.2. The molecule has 0 radical (unpaired) electrons. The average molecular weight is 472 g/mol. The predicted molar refractivity (Wildman–Crippen MR) is 121 cm³/mol. The van der Waals surface area contributed by atoms with Gasteiger partial charge in [-0.15, -0.1) is 11.8 Å². The van der Waals surface area contributed by atoms with Gasteiger partial charge in [0.25, 0.3) is 5.56 Å². The van der Waals surface area contributed by atoms with Gasteiger partial charge in [0.2, 0.25) is 5.91 Å². The highest BCUT2D eigenvalue weighted by Gasteiger charge is 2.23. The van der Waals surface area contributed by atoms with Crippen LogP contribution in [0.25, 0.3) is 5.69 Å². The van der Waals surface area contributed by atoms with Crippen LogP contribution in [-0.2, 0) is 11.2 Å². The molecule has 0 fully saturated rings. The number of thioether (sulfide) groups is 2. The fourth-order valence-electron chi connectivity index (χ4n) is 3.46. The fraction of sp³-hybridized carbons (Fsp3) is 0.227. The second-order valence-corrected chi connectivity index (χ2v) is 9.13. The van der Waals surface area contributed by atoms with Crippen molar-refractivity contribution in [3.8, 4) is 17.2 Å². The molecule has 7 nitrogen and oxygen atoms in total. The lowest BCUT2D eigenvalue weighted by Gasteiger charge is -2.19. The Morgan fingerprint density at radius 2 is 1.94 bits per heavy atom. The van der Waals surface area contributed by atoms with Crippen molar-refractivity contribution in [1.29, 1.82) is 0 Å². The van der Waals surface area contributed by atoms with Gasteiger partial charge < -0.3 is 14.8 Å². The third kappa shape index (κ3) is 4.20. The van der Waals surface area contributed by atoms with Crippen LogP contribution in [0.5, 0.6) is 11.5 Å². The molecule has 32 heavy (non-hydrogen) atoms. The van der Waals surface area contributed by atoms with E-state index in [1.165, 1.54) is 40.6 Å². The summed E-state index contributed by atoms with van der Waals surface area (Å²) in [7, 11) is 0. The number of benzene rings is 2. The highest BCUT2D eigenvalue weighted by molar-refractivity contribution is 8.00. The van der Waals surface area contributed by atoms with Gasteiger partial charge in [-0.3, -0.25) is 14.2 Å². The Morgan fingerprint density at radius 3 is 2.75 bits per heavy atom. The zero-order valence-corrected chi connectivity index (χ0v) is 18.4. The molecule has 0 saturated carbocycles. The zero-order valence-electron chi connectivity index (χ0n) is 16.8. The number of nitrogens with one attached hydrogen (secondary N) is 1. The van der Waals surface area contributed by atoms with Crippen molar-refractivity contribution in [3.05, 3.63) is 64.3 Å². The van der Waals surface area contributed by atoms with E-state index in [2.05, 4.69) is 10.3 Å². The summed E-state index contributed by atoms with van der Waals surface area (Å²) < 4.78 is 25.9. The molecule has 2 aliphatic rings. The molecule has 0 saturated heterocycles. The first-order valence-electron chi connectivity index (χ1n) is 9.95. The summed E-state index contributed by atoms with van der Waals surface area (Å²) >= 11 is 2.64. The summed E-state index contributed by atoms with van der Waals surface area (Å²) in [4.78, 5) is 31.0. The first kappa shape index (κ1) is 20.9. The minimum atomic E-state index is -0.390. The van der Waals surface area contributed by atoms with Gasteiger partial charge in [0, 0.05) is 23.9 Å². The summed E-state index contributed by atoms with van der Waals surface area (Å²) in [5, 5.41) is 3.23. The van der Waals surface area contributed by atoms with Crippen molar-refractivity contribution in [2.24, 2.45) is 0 Å². The van der Waals surface area contributed by atoms with Crippen LogP contribution in [0.15, 0.2) is 57.3 Å². The van der Waals surface area contributed by atoms with E-state index in [-0.39, 0.29) is 17.2 Å². The maximum Gasteiger partial charge on any atom is 0.272 e. The van der Waals surface area contributed by atoms with Gasteiger partial charge in [0.05, 0.1) is 22.0 Å². The quantitative estimate of drug-likeness (QED) is 0.450. The van der Waals surface area contributed by atoms with Crippen LogP contribution in [0.1, 0.15) is 5.69 Å². The summed E-state index contributed by atoms with van der Waals surface area (Å²) in [5.74, 6) is 1.44. The number of nitrogens with zero attached hydrogens (tertiary/aromatic N) is 2. The molecule has 3 heterocycles. The van der Waals surface area contributed by atoms with Crippen molar-refractivity contribution in [3.63, 3.8) is 0 Å². The molecule has 2 aromatic carbocycles. The molecular weight excluding hydrogens is 453 g/mol. The number of hydrogen-bond donors (Lipinski definition) is 1. The Hall–Kier alpha value is -2.98. The number of ether oxygens (including phenoxy) is 2. The van der Waals surface area contributed by atoms with Gasteiger partial charge in [-0.2, -0.15) is 0 Å². The van der Waals surface area contributed by atoms with Crippen molar-refractivity contribution in [1.82, 2.24) is 9.55 Å². The minimum absolute atomic E-state index is 0.0496. The van der Waals surface area contributed by atoms with Gasteiger partial charge in [-0.1, -0.05) is 11.8 Å². The zero-order chi connectivity index (χ0) is 22.1. The molecule has 0 atom stereocenters. The van der Waals surface area contributed by atoms with Gasteiger partial charge in [0.1, 0.15) is 19.0 Å². The molecule has 0 unspecified atom stereocenters. The van der Waals surface area contributed by atoms with Crippen molar-refractivity contribution < 1.29 is 18.7 Å². The number of fused-ring (bicyclic) bond motifs is 2. The second-order valence-electron chi connectivity index (χ2n) is 7.08. The van der Waals surface area contributed by atoms with Gasteiger partial charge in [-0.25, -0.2) is 9.37 Å². The standard InChI is InChI=1S/C22H18FN3O4S2/c23-13-1-4-15(5-2-13)26-21(28)20-16(7-10-31-20)25-22(26)32-12-19(27)24-14-3-6-17-18(11-14)30-9-8-29-17/h1-6,11H,7-10,12H2,(H,24,27). The SMILES string of the molecule is O=C(CSc1nc2c(c(=O)n1-c1ccc(F)cc1)SCC2)Nc1ccc2c(c1)OCCO2. The number of rotatable bonds is 5. The summed E-state index contributed by atoms with van der Waals surface area (Å²) in [5.41, 5.74) is 1.65. The number of halogens is 1. The van der Waals surface area contributed by atoms with Crippen LogP contribution < -0.4 is 20.3 Å². The topological polar surface area (TPSA) is 82.5 Å². The maximum atomic E-state index is 13.4. The van der Waals surface area contributed by atoms with E-state index < -0.39 is 5.82 Å². The number of hydrogen-bond acceptors (Lipinski definition) is 7. The maximum absolute atomic E-state index is 13.4. The fourth-order valence-corrected chi connectivity index (χ4v) is 5.31. The Morgan fingerprint density at radius 1 is 1.16 bits per heavy atom. The van der Waals surface area contributed by atoms with E-state index in [1.807, 2.05) is 0 Å². The Bertz CT molecular complexity index is 1250. The third-order valence-corrected chi connectivity index (χ3v) is 6.96. The highest BCUT2D eigenvalue weighted by Crippen LogP contribution is 2.33. The molecule has 1 aromatic heterocycles. The van der Waals surface area contributed by atoms with Crippen LogP contribution in [-0.4, -0.2) is 40.2 Å². The molecule has 0 bridgehead atoms. The molecule has 1 amide bonds. The Balaban J connectivity index is 1.37. The van der Waals surface area contributed by atoms with E-state index in [9.17, 15) is 14.0 Å². The molecular formula is C22H18FN3O4S2. The van der Waals surface area contributed by atoms with Gasteiger partial charge >= 0.3 is 0 Å². The van der Waals surface area contributed by atoms with Crippen molar-refractivity contribution >= 4 is 35.1 Å². The Labute approximate surface area is 191 Å². The molecule has 0 spiro atoms. The van der Waals surface area contributed by atoms with Crippen LogP contribution in [0.2, 0.25) is 0 Å². The number of carbonyl (C=O) groups excluding carboxylic acids is 1. The number of anilines is 1. The molecule has 0 aliphatic carbocycles. The molecule has 164 valence electrons. The average Bonchev–Trinajstić information content (AvgIpc) is 3.28. The normalized spacial score (nSPS) is 14.2. The summed E-state index contributed by atoms with van der Waals surface area (Å²) in [6.07, 6.45) is 0.705. The minimum Gasteiger partial charge on any atom is -0.486 e. The van der Waals surface area contributed by atoms with E-state index in [0.717, 1.165) is 23.2 Å². The number of aryl methyl sites for hydroxylation is 1. The van der Waals surface area contributed by atoms with Crippen molar-refractivity contribution in [2.75, 3.05) is 30.0 Å². The number of aromatic nitrogens is 2. The smallest absolute Gasteiger partial charge is 0.272 e. The van der Waals surface area contributed by atoms with Crippen LogP contribution in [0.3, 0.4) is 0 Å². The largest absolute Gasteiger partial charge is 0.486 e. The van der Waals surface area contributed by atoms with Crippen LogP contribution in [0.4, 0.5) is 10.1 Å². The second kappa shape index (κ2) is 8.87. The first-order valence-corrected chi connectivity index (χ1v) is 11.9. The molecule has 10 heteroatoms. The van der Waals surface area contributed by atoms with Gasteiger partial charge in [-0.05, 0) is 36.4 Å². The molecule has 1 N–H and O–H groups in total.